The minimum absolute atomic E-state index is 0.227. The van der Waals surface area contributed by atoms with Gasteiger partial charge in [0, 0.05) is 12.2 Å². The highest BCUT2D eigenvalue weighted by molar-refractivity contribution is 6.32. The van der Waals surface area contributed by atoms with Crippen molar-refractivity contribution < 1.29 is 14.6 Å². The number of aliphatic hydroxyl groups excluding tert-OH is 1. The Balaban J connectivity index is 2.47. The summed E-state index contributed by atoms with van der Waals surface area (Å²) >= 11 is 6.02. The third-order valence-electron chi connectivity index (χ3n) is 2.61. The Bertz CT molecular complexity index is 440. The van der Waals surface area contributed by atoms with E-state index >= 15 is 0 Å². The van der Waals surface area contributed by atoms with Gasteiger partial charge in [-0.3, -0.25) is 0 Å². The molecule has 6 heteroatoms. The Hall–Kier alpha value is -1.46. The van der Waals surface area contributed by atoms with Crippen molar-refractivity contribution in [1.29, 1.82) is 0 Å². The molecule has 1 rings (SSSR count). The molecule has 0 aliphatic carbocycles. The average molecular weight is 301 g/mol. The number of amides is 2. The number of rotatable bonds is 7. The fourth-order valence-electron chi connectivity index (χ4n) is 1.67. The standard InChI is InChI=1S/C14H21ClN2O3/c1-3-5-11(18)9-16-14(19)17-10-6-7-13(20-4-2)12(15)8-10/h6-8,11,18H,3-5,9H2,1-2H3,(H2,16,17,19). The summed E-state index contributed by atoms with van der Waals surface area (Å²) < 4.78 is 5.31. The highest BCUT2D eigenvalue weighted by Crippen LogP contribution is 2.27. The quantitative estimate of drug-likeness (QED) is 0.725. The average Bonchev–Trinajstić information content (AvgIpc) is 2.40. The Labute approximate surface area is 124 Å². The summed E-state index contributed by atoms with van der Waals surface area (Å²) in [4.78, 5) is 11.6. The van der Waals surface area contributed by atoms with Crippen LogP contribution in [0.2, 0.25) is 5.02 Å². The lowest BCUT2D eigenvalue weighted by Crippen LogP contribution is -2.35. The number of anilines is 1. The fraction of sp³-hybridized carbons (Fsp3) is 0.500. The van der Waals surface area contributed by atoms with Crippen molar-refractivity contribution in [1.82, 2.24) is 5.32 Å². The first-order valence-electron chi connectivity index (χ1n) is 6.72. The summed E-state index contributed by atoms with van der Waals surface area (Å²) in [5, 5.41) is 15.2. The molecule has 0 saturated carbocycles. The molecule has 1 atom stereocenters. The van der Waals surface area contributed by atoms with Crippen LogP contribution in [-0.4, -0.2) is 30.4 Å². The number of benzene rings is 1. The molecule has 0 aliphatic rings. The monoisotopic (exact) mass is 300 g/mol. The fourth-order valence-corrected chi connectivity index (χ4v) is 1.91. The molecular formula is C14H21ClN2O3. The molecule has 1 unspecified atom stereocenters. The van der Waals surface area contributed by atoms with E-state index < -0.39 is 6.10 Å². The van der Waals surface area contributed by atoms with E-state index in [1.54, 1.807) is 18.2 Å². The summed E-state index contributed by atoms with van der Waals surface area (Å²) in [5.74, 6) is 0.582. The second kappa shape index (κ2) is 8.66. The molecule has 0 fully saturated rings. The van der Waals surface area contributed by atoms with Crippen LogP contribution in [0.5, 0.6) is 5.75 Å². The van der Waals surface area contributed by atoms with Gasteiger partial charge in [-0.05, 0) is 31.5 Å². The van der Waals surface area contributed by atoms with E-state index in [0.717, 1.165) is 6.42 Å². The van der Waals surface area contributed by atoms with Crippen molar-refractivity contribution in [3.63, 3.8) is 0 Å². The van der Waals surface area contributed by atoms with E-state index in [1.807, 2.05) is 13.8 Å². The molecule has 1 aromatic rings. The maximum atomic E-state index is 11.6. The van der Waals surface area contributed by atoms with Crippen LogP contribution < -0.4 is 15.4 Å². The Morgan fingerprint density at radius 1 is 1.45 bits per heavy atom. The highest BCUT2D eigenvalue weighted by atomic mass is 35.5. The maximum absolute atomic E-state index is 11.6. The highest BCUT2D eigenvalue weighted by Gasteiger charge is 2.08. The second-order valence-electron chi connectivity index (χ2n) is 4.36. The Kier molecular flexibility index (Phi) is 7.18. The first-order valence-corrected chi connectivity index (χ1v) is 7.09. The van der Waals surface area contributed by atoms with Gasteiger partial charge >= 0.3 is 6.03 Å². The van der Waals surface area contributed by atoms with E-state index in [1.165, 1.54) is 0 Å². The number of hydrogen-bond acceptors (Lipinski definition) is 3. The van der Waals surface area contributed by atoms with Gasteiger partial charge in [-0.25, -0.2) is 4.79 Å². The molecule has 0 saturated heterocycles. The Morgan fingerprint density at radius 3 is 2.80 bits per heavy atom. The number of carbonyl (C=O) groups is 1. The molecule has 2 amide bonds. The number of ether oxygens (including phenoxy) is 1. The van der Waals surface area contributed by atoms with Gasteiger partial charge in [0.1, 0.15) is 5.75 Å². The third kappa shape index (κ3) is 5.67. The summed E-state index contributed by atoms with van der Waals surface area (Å²) in [7, 11) is 0. The smallest absolute Gasteiger partial charge is 0.319 e. The lowest BCUT2D eigenvalue weighted by molar-refractivity contribution is 0.162. The largest absolute Gasteiger partial charge is 0.492 e. The Morgan fingerprint density at radius 2 is 2.20 bits per heavy atom. The van der Waals surface area contributed by atoms with Crippen molar-refractivity contribution >= 4 is 23.3 Å². The zero-order chi connectivity index (χ0) is 15.0. The summed E-state index contributed by atoms with van der Waals surface area (Å²) in [6.07, 6.45) is 1.02. The second-order valence-corrected chi connectivity index (χ2v) is 4.76. The van der Waals surface area contributed by atoms with E-state index in [0.29, 0.717) is 29.5 Å². The predicted octanol–water partition coefficient (Wildman–Crippen LogP) is 3.02. The van der Waals surface area contributed by atoms with Crippen LogP contribution in [0.3, 0.4) is 0 Å². The number of nitrogens with one attached hydrogen (secondary N) is 2. The molecule has 112 valence electrons. The molecule has 20 heavy (non-hydrogen) atoms. The van der Waals surface area contributed by atoms with Crippen LogP contribution in [-0.2, 0) is 0 Å². The first kappa shape index (κ1) is 16.6. The van der Waals surface area contributed by atoms with Crippen LogP contribution in [0, 0.1) is 0 Å². The van der Waals surface area contributed by atoms with E-state index in [9.17, 15) is 9.90 Å². The van der Waals surface area contributed by atoms with Gasteiger partial charge in [0.2, 0.25) is 0 Å². The summed E-state index contributed by atoms with van der Waals surface area (Å²) in [6, 6.07) is 4.65. The van der Waals surface area contributed by atoms with Crippen molar-refractivity contribution in [2.24, 2.45) is 0 Å². The number of halogens is 1. The van der Waals surface area contributed by atoms with Crippen LogP contribution in [0.1, 0.15) is 26.7 Å². The lowest BCUT2D eigenvalue weighted by Gasteiger charge is -2.12. The normalized spacial score (nSPS) is 11.8. The molecular weight excluding hydrogens is 280 g/mol. The molecule has 3 N–H and O–H groups in total. The van der Waals surface area contributed by atoms with Crippen LogP contribution in [0.15, 0.2) is 18.2 Å². The predicted molar refractivity (Wildman–Crippen MR) is 80.6 cm³/mol. The molecule has 1 aromatic carbocycles. The van der Waals surface area contributed by atoms with Gasteiger partial charge < -0.3 is 20.5 Å². The topological polar surface area (TPSA) is 70.6 Å². The molecule has 0 bridgehead atoms. The molecule has 0 radical (unpaired) electrons. The molecule has 0 aliphatic heterocycles. The van der Waals surface area contributed by atoms with Crippen molar-refractivity contribution in [2.45, 2.75) is 32.8 Å². The van der Waals surface area contributed by atoms with Gasteiger partial charge in [0.25, 0.3) is 0 Å². The number of aliphatic hydroxyl groups is 1. The molecule has 0 heterocycles. The van der Waals surface area contributed by atoms with Crippen molar-refractivity contribution in [2.75, 3.05) is 18.5 Å². The lowest BCUT2D eigenvalue weighted by atomic mass is 10.2. The minimum atomic E-state index is -0.519. The zero-order valence-corrected chi connectivity index (χ0v) is 12.5. The van der Waals surface area contributed by atoms with Gasteiger partial charge in [0.15, 0.2) is 0 Å². The molecule has 0 spiro atoms. The first-order chi connectivity index (χ1) is 9.56. The van der Waals surface area contributed by atoms with Gasteiger partial charge in [-0.2, -0.15) is 0 Å². The van der Waals surface area contributed by atoms with E-state index in [4.69, 9.17) is 16.3 Å². The zero-order valence-electron chi connectivity index (χ0n) is 11.8. The number of urea groups is 1. The van der Waals surface area contributed by atoms with Crippen molar-refractivity contribution in [3.8, 4) is 5.75 Å². The SMILES string of the molecule is CCCC(O)CNC(=O)Nc1ccc(OCC)c(Cl)c1. The van der Waals surface area contributed by atoms with Gasteiger partial charge in [-0.1, -0.05) is 24.9 Å². The van der Waals surface area contributed by atoms with Crippen molar-refractivity contribution in [3.05, 3.63) is 23.2 Å². The number of hydrogen-bond donors (Lipinski definition) is 3. The third-order valence-corrected chi connectivity index (χ3v) is 2.91. The maximum Gasteiger partial charge on any atom is 0.319 e. The van der Waals surface area contributed by atoms with E-state index in [-0.39, 0.29) is 12.6 Å². The van der Waals surface area contributed by atoms with Crippen LogP contribution >= 0.6 is 11.6 Å². The van der Waals surface area contributed by atoms with Gasteiger partial charge in [0.05, 0.1) is 17.7 Å². The van der Waals surface area contributed by atoms with E-state index in [2.05, 4.69) is 10.6 Å². The van der Waals surface area contributed by atoms with Gasteiger partial charge in [-0.15, -0.1) is 0 Å². The molecule has 0 aromatic heterocycles. The molecule has 5 nitrogen and oxygen atoms in total. The summed E-state index contributed by atoms with van der Waals surface area (Å²) in [5.41, 5.74) is 0.570. The van der Waals surface area contributed by atoms with Crippen LogP contribution in [0.25, 0.3) is 0 Å². The number of carbonyl (C=O) groups excluding carboxylic acids is 1. The minimum Gasteiger partial charge on any atom is -0.492 e. The summed E-state index contributed by atoms with van der Waals surface area (Å²) in [6.45, 7) is 4.61. The van der Waals surface area contributed by atoms with Crippen LogP contribution in [0.4, 0.5) is 10.5 Å².